The van der Waals surface area contributed by atoms with Crippen molar-refractivity contribution >= 4 is 5.78 Å². The zero-order valence-corrected chi connectivity index (χ0v) is 10.1. The molecule has 0 aliphatic rings. The summed E-state index contributed by atoms with van der Waals surface area (Å²) in [7, 11) is 1.80. The fourth-order valence-electron chi connectivity index (χ4n) is 1.68. The van der Waals surface area contributed by atoms with Gasteiger partial charge < -0.3 is 4.57 Å². The second-order valence-electron chi connectivity index (χ2n) is 3.89. The lowest BCUT2D eigenvalue weighted by Crippen LogP contribution is -2.13. The van der Waals surface area contributed by atoms with Gasteiger partial charge in [0.05, 0.1) is 17.0 Å². The average molecular weight is 230 g/mol. The van der Waals surface area contributed by atoms with Crippen molar-refractivity contribution in [2.24, 2.45) is 7.05 Å². The summed E-state index contributed by atoms with van der Waals surface area (Å²) in [6, 6.07) is 1.77. The van der Waals surface area contributed by atoms with Gasteiger partial charge in [-0.1, -0.05) is 6.92 Å². The summed E-state index contributed by atoms with van der Waals surface area (Å²) in [4.78, 5) is 16.4. The smallest absolute Gasteiger partial charge is 0.230 e. The molecular weight excluding hydrogens is 216 g/mol. The standard InChI is InChI=1S/C12H14N4O/c1-4-10-9(7-8(2)14-15-10)11(17)12-13-5-6-16(12)3/h5-7H,4H2,1-3H3. The van der Waals surface area contributed by atoms with E-state index in [-0.39, 0.29) is 5.78 Å². The van der Waals surface area contributed by atoms with E-state index in [1.807, 2.05) is 13.8 Å². The lowest BCUT2D eigenvalue weighted by Gasteiger charge is -2.06. The highest BCUT2D eigenvalue weighted by Crippen LogP contribution is 2.12. The summed E-state index contributed by atoms with van der Waals surface area (Å²) in [5.74, 6) is 0.319. The molecule has 0 amide bonds. The first kappa shape index (κ1) is 11.4. The third-order valence-corrected chi connectivity index (χ3v) is 2.60. The number of carbonyl (C=O) groups is 1. The molecule has 88 valence electrons. The summed E-state index contributed by atoms with van der Waals surface area (Å²) in [5.41, 5.74) is 2.04. The van der Waals surface area contributed by atoms with Gasteiger partial charge in [0.1, 0.15) is 0 Å². The number of aryl methyl sites for hydroxylation is 3. The normalized spacial score (nSPS) is 10.5. The first-order valence-corrected chi connectivity index (χ1v) is 5.48. The number of rotatable bonds is 3. The van der Waals surface area contributed by atoms with Crippen LogP contribution in [-0.4, -0.2) is 25.5 Å². The van der Waals surface area contributed by atoms with Gasteiger partial charge in [0.15, 0.2) is 5.82 Å². The largest absolute Gasteiger partial charge is 0.331 e. The Balaban J connectivity index is 2.50. The van der Waals surface area contributed by atoms with Crippen molar-refractivity contribution in [2.75, 3.05) is 0 Å². The van der Waals surface area contributed by atoms with E-state index in [1.165, 1.54) is 0 Å². The molecule has 2 aromatic heterocycles. The van der Waals surface area contributed by atoms with E-state index < -0.39 is 0 Å². The second kappa shape index (κ2) is 4.45. The number of hydrogen-bond acceptors (Lipinski definition) is 4. The molecular formula is C12H14N4O. The van der Waals surface area contributed by atoms with E-state index in [1.54, 1.807) is 30.1 Å². The predicted molar refractivity (Wildman–Crippen MR) is 62.8 cm³/mol. The van der Waals surface area contributed by atoms with Gasteiger partial charge in [-0.15, -0.1) is 0 Å². The van der Waals surface area contributed by atoms with Gasteiger partial charge >= 0.3 is 0 Å². The van der Waals surface area contributed by atoms with Crippen molar-refractivity contribution < 1.29 is 4.79 Å². The molecule has 0 aliphatic heterocycles. The molecule has 2 aromatic rings. The van der Waals surface area contributed by atoms with E-state index >= 15 is 0 Å². The topological polar surface area (TPSA) is 60.7 Å². The third kappa shape index (κ3) is 2.08. The first-order chi connectivity index (χ1) is 8.13. The molecule has 0 spiro atoms. The average Bonchev–Trinajstić information content (AvgIpc) is 2.74. The lowest BCUT2D eigenvalue weighted by molar-refractivity contribution is 0.102. The van der Waals surface area contributed by atoms with Gasteiger partial charge in [-0.05, 0) is 19.4 Å². The van der Waals surface area contributed by atoms with Gasteiger partial charge in [0, 0.05) is 19.4 Å². The van der Waals surface area contributed by atoms with Crippen molar-refractivity contribution in [1.29, 1.82) is 0 Å². The van der Waals surface area contributed by atoms with Crippen LogP contribution in [0.5, 0.6) is 0 Å². The number of aromatic nitrogens is 4. The number of hydrogen-bond donors (Lipinski definition) is 0. The fourth-order valence-corrected chi connectivity index (χ4v) is 1.68. The van der Waals surface area contributed by atoms with Crippen LogP contribution in [0.25, 0.3) is 0 Å². The molecule has 5 heteroatoms. The predicted octanol–water partition coefficient (Wildman–Crippen LogP) is 1.31. The quantitative estimate of drug-likeness (QED) is 0.746. The summed E-state index contributed by atoms with van der Waals surface area (Å²) < 4.78 is 1.71. The maximum atomic E-state index is 12.3. The van der Waals surface area contributed by atoms with Crippen molar-refractivity contribution in [2.45, 2.75) is 20.3 Å². The Kier molecular flexibility index (Phi) is 2.99. The Morgan fingerprint density at radius 2 is 2.18 bits per heavy atom. The molecule has 0 bridgehead atoms. The van der Waals surface area contributed by atoms with Crippen LogP contribution in [0.15, 0.2) is 18.5 Å². The fraction of sp³-hybridized carbons (Fsp3) is 0.333. The highest BCUT2D eigenvalue weighted by Gasteiger charge is 2.18. The Morgan fingerprint density at radius 3 is 2.76 bits per heavy atom. The molecule has 5 nitrogen and oxygen atoms in total. The van der Waals surface area contributed by atoms with Gasteiger partial charge in [0.2, 0.25) is 5.78 Å². The van der Waals surface area contributed by atoms with E-state index in [4.69, 9.17) is 0 Å². The van der Waals surface area contributed by atoms with Crippen molar-refractivity contribution in [3.05, 3.63) is 41.2 Å². The lowest BCUT2D eigenvalue weighted by atomic mass is 10.1. The van der Waals surface area contributed by atoms with Gasteiger partial charge in [-0.3, -0.25) is 4.79 Å². The first-order valence-electron chi connectivity index (χ1n) is 5.48. The van der Waals surface area contributed by atoms with Crippen LogP contribution >= 0.6 is 0 Å². The van der Waals surface area contributed by atoms with E-state index in [0.717, 1.165) is 5.69 Å². The van der Waals surface area contributed by atoms with Crippen LogP contribution in [0.3, 0.4) is 0 Å². The molecule has 0 aliphatic carbocycles. The van der Waals surface area contributed by atoms with E-state index in [0.29, 0.717) is 23.5 Å². The molecule has 0 radical (unpaired) electrons. The third-order valence-electron chi connectivity index (χ3n) is 2.60. The molecule has 0 atom stereocenters. The minimum absolute atomic E-state index is 0.104. The molecule has 0 saturated heterocycles. The zero-order valence-electron chi connectivity index (χ0n) is 10.1. The Hall–Kier alpha value is -2.04. The monoisotopic (exact) mass is 230 g/mol. The number of ketones is 1. The number of nitrogens with zero attached hydrogens (tertiary/aromatic N) is 4. The maximum absolute atomic E-state index is 12.3. The van der Waals surface area contributed by atoms with Crippen LogP contribution in [0.2, 0.25) is 0 Å². The molecule has 0 fully saturated rings. The summed E-state index contributed by atoms with van der Waals surface area (Å²) in [5, 5.41) is 8.02. The SMILES string of the molecule is CCc1nnc(C)cc1C(=O)c1nccn1C. The van der Waals surface area contributed by atoms with E-state index in [2.05, 4.69) is 15.2 Å². The second-order valence-corrected chi connectivity index (χ2v) is 3.89. The Labute approximate surface area is 99.5 Å². The summed E-state index contributed by atoms with van der Waals surface area (Å²) in [6.45, 7) is 3.77. The molecule has 0 unspecified atom stereocenters. The van der Waals surface area contributed by atoms with Crippen LogP contribution in [0.1, 0.15) is 34.5 Å². The molecule has 17 heavy (non-hydrogen) atoms. The molecule has 2 heterocycles. The van der Waals surface area contributed by atoms with Crippen LogP contribution < -0.4 is 0 Å². The van der Waals surface area contributed by atoms with Crippen LogP contribution in [0, 0.1) is 6.92 Å². The minimum atomic E-state index is -0.104. The van der Waals surface area contributed by atoms with Crippen molar-refractivity contribution in [3.8, 4) is 0 Å². The van der Waals surface area contributed by atoms with Gasteiger partial charge in [0.25, 0.3) is 0 Å². The maximum Gasteiger partial charge on any atom is 0.230 e. The van der Waals surface area contributed by atoms with Gasteiger partial charge in [-0.2, -0.15) is 10.2 Å². The Morgan fingerprint density at radius 1 is 1.41 bits per heavy atom. The highest BCUT2D eigenvalue weighted by molar-refractivity contribution is 6.07. The zero-order chi connectivity index (χ0) is 12.4. The van der Waals surface area contributed by atoms with Crippen LogP contribution in [-0.2, 0) is 13.5 Å². The molecule has 2 rings (SSSR count). The Bertz CT molecular complexity index is 559. The molecule has 0 aromatic carbocycles. The van der Waals surface area contributed by atoms with Gasteiger partial charge in [-0.25, -0.2) is 4.98 Å². The van der Waals surface area contributed by atoms with Crippen LogP contribution in [0.4, 0.5) is 0 Å². The van der Waals surface area contributed by atoms with E-state index in [9.17, 15) is 4.79 Å². The highest BCUT2D eigenvalue weighted by atomic mass is 16.1. The minimum Gasteiger partial charge on any atom is -0.331 e. The van der Waals surface area contributed by atoms with Crippen molar-refractivity contribution in [1.82, 2.24) is 19.7 Å². The summed E-state index contributed by atoms with van der Waals surface area (Å²) >= 11 is 0. The number of imidazole rings is 1. The molecule has 0 N–H and O–H groups in total. The van der Waals surface area contributed by atoms with Crippen molar-refractivity contribution in [3.63, 3.8) is 0 Å². The summed E-state index contributed by atoms with van der Waals surface area (Å²) in [6.07, 6.45) is 4.04. The molecule has 0 saturated carbocycles. The number of carbonyl (C=O) groups excluding carboxylic acids is 1.